The second-order valence-electron chi connectivity index (χ2n) is 7.88. The standard InChI is InChI=1S/C21H30N4O3/c1-16(26)25-12-11-24(14-19(25)21(22)28)20(27)15-23-9-7-18(8-10-23)13-17-5-3-2-4-6-17/h2-6,18-19H,7-15H2,1H3,(H2,22,28)/t19-/m1/s1. The lowest BCUT2D eigenvalue weighted by molar-refractivity contribution is -0.146. The molecular formula is C21H30N4O3. The molecule has 2 heterocycles. The third kappa shape index (κ3) is 5.10. The first-order chi connectivity index (χ1) is 13.4. The minimum Gasteiger partial charge on any atom is -0.368 e. The van der Waals surface area contributed by atoms with Gasteiger partial charge in [0.05, 0.1) is 13.1 Å². The second-order valence-corrected chi connectivity index (χ2v) is 7.88. The van der Waals surface area contributed by atoms with E-state index in [0.717, 1.165) is 32.4 Å². The molecule has 1 atom stereocenters. The molecule has 0 unspecified atom stereocenters. The first kappa shape index (κ1) is 20.3. The van der Waals surface area contributed by atoms with Crippen molar-refractivity contribution in [3.8, 4) is 0 Å². The highest BCUT2D eigenvalue weighted by molar-refractivity contribution is 5.87. The average Bonchev–Trinajstić information content (AvgIpc) is 2.69. The van der Waals surface area contributed by atoms with Crippen LogP contribution in [0.2, 0.25) is 0 Å². The van der Waals surface area contributed by atoms with Gasteiger partial charge >= 0.3 is 0 Å². The van der Waals surface area contributed by atoms with Crippen molar-refractivity contribution in [3.05, 3.63) is 35.9 Å². The van der Waals surface area contributed by atoms with E-state index in [0.29, 0.717) is 25.6 Å². The van der Waals surface area contributed by atoms with Crippen LogP contribution in [0.15, 0.2) is 30.3 Å². The van der Waals surface area contributed by atoms with E-state index in [1.165, 1.54) is 17.4 Å². The van der Waals surface area contributed by atoms with Crippen molar-refractivity contribution >= 4 is 17.7 Å². The number of piperazine rings is 1. The van der Waals surface area contributed by atoms with Crippen LogP contribution in [-0.2, 0) is 20.8 Å². The summed E-state index contributed by atoms with van der Waals surface area (Å²) in [6.45, 7) is 4.61. The summed E-state index contributed by atoms with van der Waals surface area (Å²) in [6, 6.07) is 9.81. The lowest BCUT2D eigenvalue weighted by Crippen LogP contribution is -2.61. The van der Waals surface area contributed by atoms with Gasteiger partial charge in [-0.25, -0.2) is 0 Å². The minimum absolute atomic E-state index is 0.0101. The molecular weight excluding hydrogens is 356 g/mol. The summed E-state index contributed by atoms with van der Waals surface area (Å²) < 4.78 is 0. The van der Waals surface area contributed by atoms with E-state index in [1.54, 1.807) is 4.90 Å². The third-order valence-electron chi connectivity index (χ3n) is 5.90. The fourth-order valence-electron chi connectivity index (χ4n) is 4.22. The molecule has 3 amide bonds. The van der Waals surface area contributed by atoms with Crippen molar-refractivity contribution in [2.75, 3.05) is 39.3 Å². The molecule has 1 aromatic rings. The van der Waals surface area contributed by atoms with Crippen molar-refractivity contribution in [2.45, 2.75) is 32.2 Å². The van der Waals surface area contributed by atoms with Crippen molar-refractivity contribution < 1.29 is 14.4 Å². The maximum atomic E-state index is 12.7. The van der Waals surface area contributed by atoms with Gasteiger partial charge in [0.15, 0.2) is 0 Å². The zero-order chi connectivity index (χ0) is 20.1. The van der Waals surface area contributed by atoms with Crippen LogP contribution in [0.3, 0.4) is 0 Å². The number of carbonyl (C=O) groups is 3. The number of hydrogen-bond acceptors (Lipinski definition) is 4. The Bertz CT molecular complexity index is 701. The largest absolute Gasteiger partial charge is 0.368 e. The van der Waals surface area contributed by atoms with Gasteiger partial charge in [-0.05, 0) is 43.8 Å². The lowest BCUT2D eigenvalue weighted by atomic mass is 9.90. The van der Waals surface area contributed by atoms with Crippen LogP contribution in [-0.4, -0.2) is 77.7 Å². The van der Waals surface area contributed by atoms with Gasteiger partial charge in [0.1, 0.15) is 6.04 Å². The van der Waals surface area contributed by atoms with E-state index in [1.807, 2.05) is 6.07 Å². The Morgan fingerprint density at radius 1 is 1.04 bits per heavy atom. The van der Waals surface area contributed by atoms with E-state index in [4.69, 9.17) is 5.73 Å². The van der Waals surface area contributed by atoms with Gasteiger partial charge in [-0.15, -0.1) is 0 Å². The zero-order valence-electron chi connectivity index (χ0n) is 16.5. The molecule has 7 nitrogen and oxygen atoms in total. The predicted octanol–water partition coefficient (Wildman–Crippen LogP) is 0.486. The molecule has 2 saturated heterocycles. The molecule has 0 saturated carbocycles. The van der Waals surface area contributed by atoms with Gasteiger partial charge in [-0.2, -0.15) is 0 Å². The maximum Gasteiger partial charge on any atom is 0.242 e. The molecule has 0 radical (unpaired) electrons. The molecule has 152 valence electrons. The van der Waals surface area contributed by atoms with Gasteiger partial charge in [0.25, 0.3) is 0 Å². The number of rotatable bonds is 5. The number of primary amides is 1. The smallest absolute Gasteiger partial charge is 0.242 e. The summed E-state index contributed by atoms with van der Waals surface area (Å²) >= 11 is 0. The maximum absolute atomic E-state index is 12.7. The number of hydrogen-bond donors (Lipinski definition) is 1. The van der Waals surface area contributed by atoms with Crippen molar-refractivity contribution in [2.24, 2.45) is 11.7 Å². The van der Waals surface area contributed by atoms with E-state index in [9.17, 15) is 14.4 Å². The fourth-order valence-corrected chi connectivity index (χ4v) is 4.22. The van der Waals surface area contributed by atoms with Crippen LogP contribution in [0.1, 0.15) is 25.3 Å². The molecule has 2 N–H and O–H groups in total. The number of amides is 3. The first-order valence-electron chi connectivity index (χ1n) is 10.0. The molecule has 2 aliphatic heterocycles. The molecule has 1 aromatic carbocycles. The first-order valence-corrected chi connectivity index (χ1v) is 10.0. The summed E-state index contributed by atoms with van der Waals surface area (Å²) in [5.74, 6) is -0.0751. The number of benzene rings is 1. The van der Waals surface area contributed by atoms with Crippen molar-refractivity contribution in [1.29, 1.82) is 0 Å². The van der Waals surface area contributed by atoms with Crippen LogP contribution in [0, 0.1) is 5.92 Å². The van der Waals surface area contributed by atoms with Gasteiger partial charge < -0.3 is 15.5 Å². The number of likely N-dealkylation sites (tertiary alicyclic amines) is 1. The second kappa shape index (κ2) is 9.19. The quantitative estimate of drug-likeness (QED) is 0.798. The van der Waals surface area contributed by atoms with Gasteiger partial charge in [0, 0.05) is 20.0 Å². The molecule has 2 aliphatic rings. The Hall–Kier alpha value is -2.41. The average molecular weight is 386 g/mol. The highest BCUT2D eigenvalue weighted by Gasteiger charge is 2.35. The number of piperidine rings is 1. The molecule has 7 heteroatoms. The van der Waals surface area contributed by atoms with E-state index in [2.05, 4.69) is 29.2 Å². The van der Waals surface area contributed by atoms with E-state index >= 15 is 0 Å². The monoisotopic (exact) mass is 386 g/mol. The molecule has 0 bridgehead atoms. The summed E-state index contributed by atoms with van der Waals surface area (Å²) in [5.41, 5.74) is 6.81. The van der Waals surface area contributed by atoms with E-state index in [-0.39, 0.29) is 18.4 Å². The van der Waals surface area contributed by atoms with Crippen LogP contribution in [0.25, 0.3) is 0 Å². The third-order valence-corrected chi connectivity index (χ3v) is 5.90. The Morgan fingerprint density at radius 3 is 2.32 bits per heavy atom. The highest BCUT2D eigenvalue weighted by atomic mass is 16.2. The summed E-state index contributed by atoms with van der Waals surface area (Å²) in [7, 11) is 0. The molecule has 28 heavy (non-hydrogen) atoms. The summed E-state index contributed by atoms with van der Waals surface area (Å²) in [4.78, 5) is 41.4. The Labute approximate surface area is 166 Å². The Balaban J connectivity index is 1.46. The Morgan fingerprint density at radius 2 is 1.71 bits per heavy atom. The zero-order valence-corrected chi connectivity index (χ0v) is 16.5. The van der Waals surface area contributed by atoms with E-state index < -0.39 is 11.9 Å². The Kier molecular flexibility index (Phi) is 6.67. The molecule has 0 aromatic heterocycles. The number of carbonyl (C=O) groups excluding carboxylic acids is 3. The summed E-state index contributed by atoms with van der Waals surface area (Å²) in [6.07, 6.45) is 3.27. The lowest BCUT2D eigenvalue weighted by Gasteiger charge is -2.40. The predicted molar refractivity (Wildman–Crippen MR) is 106 cm³/mol. The highest BCUT2D eigenvalue weighted by Crippen LogP contribution is 2.22. The molecule has 0 spiro atoms. The number of nitrogens with zero attached hydrogens (tertiary/aromatic N) is 3. The SMILES string of the molecule is CC(=O)N1CCN(C(=O)CN2CCC(Cc3ccccc3)CC2)C[C@@H]1C(N)=O. The van der Waals surface area contributed by atoms with Crippen molar-refractivity contribution in [3.63, 3.8) is 0 Å². The number of nitrogens with two attached hydrogens (primary N) is 1. The fraction of sp³-hybridized carbons (Fsp3) is 0.571. The van der Waals surface area contributed by atoms with Gasteiger partial charge in [-0.1, -0.05) is 30.3 Å². The van der Waals surface area contributed by atoms with Crippen LogP contribution in [0.5, 0.6) is 0 Å². The van der Waals surface area contributed by atoms with Crippen molar-refractivity contribution in [1.82, 2.24) is 14.7 Å². The summed E-state index contributed by atoms with van der Waals surface area (Å²) in [5, 5.41) is 0. The van der Waals surface area contributed by atoms with Gasteiger partial charge in [0.2, 0.25) is 17.7 Å². The molecule has 2 fully saturated rings. The normalized spacial score (nSPS) is 21.5. The molecule has 0 aliphatic carbocycles. The minimum atomic E-state index is -0.730. The van der Waals surface area contributed by atoms with Crippen LogP contribution < -0.4 is 5.73 Å². The van der Waals surface area contributed by atoms with Crippen LogP contribution in [0.4, 0.5) is 0 Å². The topological polar surface area (TPSA) is 87.0 Å². The van der Waals surface area contributed by atoms with Crippen LogP contribution >= 0.6 is 0 Å². The molecule has 3 rings (SSSR count). The van der Waals surface area contributed by atoms with Gasteiger partial charge in [-0.3, -0.25) is 19.3 Å².